The van der Waals surface area contributed by atoms with Gasteiger partial charge in [-0.15, -0.1) is 0 Å². The molecule has 3 unspecified atom stereocenters. The van der Waals surface area contributed by atoms with E-state index in [0.29, 0.717) is 0 Å². The third-order valence-electron chi connectivity index (χ3n) is 5.92. The number of nitrogens with zero attached hydrogens (tertiary/aromatic N) is 1. The Balaban J connectivity index is 2.11. The summed E-state index contributed by atoms with van der Waals surface area (Å²) in [5.41, 5.74) is -1.55. The van der Waals surface area contributed by atoms with Gasteiger partial charge in [-0.05, 0) is 74.3 Å². The van der Waals surface area contributed by atoms with E-state index in [1.165, 1.54) is 4.90 Å². The highest BCUT2D eigenvalue weighted by molar-refractivity contribution is 5.83. The zero-order valence-corrected chi connectivity index (χ0v) is 27.3. The Morgan fingerprint density at radius 2 is 1.20 bits per heavy atom. The summed E-state index contributed by atoms with van der Waals surface area (Å²) in [6.07, 6.45) is -2.43. The van der Waals surface area contributed by atoms with Crippen molar-refractivity contribution in [3.8, 4) is 0 Å². The van der Waals surface area contributed by atoms with Crippen molar-refractivity contribution in [3.63, 3.8) is 0 Å². The summed E-state index contributed by atoms with van der Waals surface area (Å²) in [6.45, 7) is 15.5. The summed E-state index contributed by atoms with van der Waals surface area (Å²) in [5, 5.41) is 7.97. The molecule has 4 amide bonds. The van der Waals surface area contributed by atoms with Gasteiger partial charge in [0.25, 0.3) is 0 Å². The highest BCUT2D eigenvalue weighted by atomic mass is 16.6. The molecule has 0 radical (unpaired) electrons. The summed E-state index contributed by atoms with van der Waals surface area (Å²) in [7, 11) is 0. The third kappa shape index (κ3) is 14.0. The lowest BCUT2D eigenvalue weighted by molar-refractivity contribution is -0.148. The van der Waals surface area contributed by atoms with Gasteiger partial charge in [-0.25, -0.2) is 19.2 Å². The summed E-state index contributed by atoms with van der Waals surface area (Å²) < 4.78 is 21.4. The van der Waals surface area contributed by atoms with E-state index in [9.17, 15) is 24.0 Å². The second-order valence-electron chi connectivity index (χ2n) is 13.6. The van der Waals surface area contributed by atoms with Gasteiger partial charge in [0.1, 0.15) is 29.5 Å². The van der Waals surface area contributed by atoms with Crippen LogP contribution < -0.4 is 16.0 Å². The zero-order valence-electron chi connectivity index (χ0n) is 27.3. The van der Waals surface area contributed by atoms with Gasteiger partial charge < -0.3 is 39.8 Å². The van der Waals surface area contributed by atoms with Crippen molar-refractivity contribution in [1.82, 2.24) is 20.9 Å². The molecule has 0 aliphatic carbocycles. The van der Waals surface area contributed by atoms with Gasteiger partial charge in [0.05, 0.1) is 12.1 Å². The molecule has 3 N–H and O–H groups in total. The van der Waals surface area contributed by atoms with Crippen LogP contribution in [0.1, 0.15) is 80.7 Å². The maximum atomic E-state index is 13.3. The van der Waals surface area contributed by atoms with Crippen LogP contribution in [0.2, 0.25) is 0 Å². The molecule has 1 aromatic carbocycles. The number of benzene rings is 1. The topological polar surface area (TPSA) is 162 Å². The van der Waals surface area contributed by atoms with Gasteiger partial charge in [0.2, 0.25) is 5.91 Å². The lowest BCUT2D eigenvalue weighted by atomic mass is 10.1. The number of rotatable bonds is 9. The number of ether oxygens (including phenoxy) is 4. The van der Waals surface area contributed by atoms with Crippen LogP contribution in [-0.2, 0) is 35.1 Å². The molecule has 1 heterocycles. The first kappa shape index (κ1) is 36.2. The number of carbonyl (C=O) groups is 5. The highest BCUT2D eigenvalue weighted by Gasteiger charge is 2.39. The second-order valence-corrected chi connectivity index (χ2v) is 13.6. The summed E-state index contributed by atoms with van der Waals surface area (Å²) in [4.78, 5) is 65.3. The average Bonchev–Trinajstić information content (AvgIpc) is 3.23. The van der Waals surface area contributed by atoms with Gasteiger partial charge in [-0.2, -0.15) is 0 Å². The van der Waals surface area contributed by atoms with Crippen LogP contribution in [0.3, 0.4) is 0 Å². The van der Waals surface area contributed by atoms with Crippen molar-refractivity contribution in [2.75, 3.05) is 13.1 Å². The largest absolute Gasteiger partial charge is 0.459 e. The molecule has 3 atom stereocenters. The molecule has 1 saturated heterocycles. The van der Waals surface area contributed by atoms with Crippen molar-refractivity contribution < 1.29 is 42.9 Å². The molecule has 13 nitrogen and oxygen atoms in total. The summed E-state index contributed by atoms with van der Waals surface area (Å²) >= 11 is 0. The van der Waals surface area contributed by atoms with Crippen LogP contribution in [0, 0.1) is 0 Å². The van der Waals surface area contributed by atoms with E-state index in [0.717, 1.165) is 5.56 Å². The molecule has 1 aliphatic rings. The maximum Gasteiger partial charge on any atom is 0.408 e. The molecule has 0 bridgehead atoms. The molecule has 246 valence electrons. The highest BCUT2D eigenvalue weighted by Crippen LogP contribution is 2.17. The molecular formula is C31H48N4O9. The van der Waals surface area contributed by atoms with Gasteiger partial charge in [0, 0.05) is 19.5 Å². The van der Waals surface area contributed by atoms with Gasteiger partial charge in [-0.3, -0.25) is 4.79 Å². The number of likely N-dealkylation sites (tertiary alicyclic amines) is 1. The molecule has 13 heteroatoms. The Morgan fingerprint density at radius 3 is 1.66 bits per heavy atom. The molecule has 1 fully saturated rings. The average molecular weight is 621 g/mol. The number of esters is 1. The van der Waals surface area contributed by atoms with E-state index in [4.69, 9.17) is 18.9 Å². The predicted octanol–water partition coefficient (Wildman–Crippen LogP) is 4.03. The van der Waals surface area contributed by atoms with Gasteiger partial charge in [0.15, 0.2) is 0 Å². The van der Waals surface area contributed by atoms with Gasteiger partial charge in [-0.1, -0.05) is 30.3 Å². The monoisotopic (exact) mass is 620 g/mol. The van der Waals surface area contributed by atoms with E-state index in [1.54, 1.807) is 74.4 Å². The molecular weight excluding hydrogens is 572 g/mol. The molecule has 0 aromatic heterocycles. The molecule has 1 aliphatic heterocycles. The van der Waals surface area contributed by atoms with Crippen LogP contribution in [0.15, 0.2) is 30.3 Å². The Kier molecular flexibility index (Phi) is 12.4. The normalized spacial score (nSPS) is 17.6. The number of hydrogen-bond acceptors (Lipinski definition) is 9. The Hall–Kier alpha value is -4.03. The minimum atomic E-state index is -1.16. The Morgan fingerprint density at radius 1 is 0.750 bits per heavy atom. The lowest BCUT2D eigenvalue weighted by Gasteiger charge is -2.26. The number of amides is 4. The van der Waals surface area contributed by atoms with Crippen LogP contribution in [0.4, 0.5) is 14.4 Å². The van der Waals surface area contributed by atoms with Crippen molar-refractivity contribution in [3.05, 3.63) is 35.9 Å². The van der Waals surface area contributed by atoms with Crippen LogP contribution >= 0.6 is 0 Å². The van der Waals surface area contributed by atoms with Crippen molar-refractivity contribution >= 4 is 30.2 Å². The smallest absolute Gasteiger partial charge is 0.408 e. The summed E-state index contributed by atoms with van der Waals surface area (Å²) in [5.74, 6) is -1.08. The van der Waals surface area contributed by atoms with E-state index in [-0.39, 0.29) is 38.4 Å². The van der Waals surface area contributed by atoms with E-state index in [2.05, 4.69) is 16.0 Å². The van der Waals surface area contributed by atoms with E-state index < -0.39 is 59.2 Å². The number of hydrogen-bond donors (Lipinski definition) is 3. The molecule has 44 heavy (non-hydrogen) atoms. The quantitative estimate of drug-likeness (QED) is 0.273. The lowest BCUT2D eigenvalue weighted by Crippen LogP contribution is -2.52. The molecule has 2 rings (SSSR count). The molecule has 1 aromatic rings. The fourth-order valence-corrected chi connectivity index (χ4v) is 4.17. The zero-order chi connectivity index (χ0) is 33.3. The number of nitrogens with one attached hydrogen (secondary N) is 3. The standard InChI is InChI=1S/C31H48N4O9/c1-29(2,3)42-26(38)32-21(25(37)41-19-20-13-11-10-12-14-20)15-16-24(36)35-17-22(33-27(39)43-30(4,5)6)23(18-35)34-28(40)44-31(7,8)9/h10-14,21-23H,15-19H2,1-9H3,(H,32,38)(H,33,39)(H,34,40). The summed E-state index contributed by atoms with van der Waals surface area (Å²) in [6, 6.07) is 6.54. The number of carbonyl (C=O) groups excluding carboxylic acids is 5. The second kappa shape index (κ2) is 15.1. The minimum Gasteiger partial charge on any atom is -0.459 e. The Bertz CT molecular complexity index is 1120. The number of alkyl carbamates (subject to hydrolysis) is 3. The van der Waals surface area contributed by atoms with E-state index >= 15 is 0 Å². The first-order chi connectivity index (χ1) is 20.2. The Labute approximate surface area is 259 Å². The first-order valence-corrected chi connectivity index (χ1v) is 14.7. The fraction of sp³-hybridized carbons (Fsp3) is 0.645. The predicted molar refractivity (Wildman–Crippen MR) is 162 cm³/mol. The first-order valence-electron chi connectivity index (χ1n) is 14.7. The SMILES string of the molecule is CC(C)(C)OC(=O)NC(CCC(=O)N1CC(NC(=O)OC(C)(C)C)C(NC(=O)OC(C)(C)C)C1)C(=O)OCc1ccccc1. The van der Waals surface area contributed by atoms with Crippen LogP contribution in [-0.4, -0.2) is 83.1 Å². The van der Waals surface area contributed by atoms with Crippen molar-refractivity contribution in [2.45, 2.75) is 117 Å². The fourth-order valence-electron chi connectivity index (χ4n) is 4.17. The third-order valence-corrected chi connectivity index (χ3v) is 5.92. The van der Waals surface area contributed by atoms with E-state index in [1.807, 2.05) is 18.2 Å². The van der Waals surface area contributed by atoms with Crippen LogP contribution in [0.5, 0.6) is 0 Å². The van der Waals surface area contributed by atoms with Crippen molar-refractivity contribution in [1.29, 1.82) is 0 Å². The minimum absolute atomic E-state index is 0.0116. The van der Waals surface area contributed by atoms with Gasteiger partial charge >= 0.3 is 24.2 Å². The van der Waals surface area contributed by atoms with Crippen molar-refractivity contribution in [2.24, 2.45) is 0 Å². The maximum absolute atomic E-state index is 13.3. The molecule has 0 saturated carbocycles. The molecule has 0 spiro atoms. The van der Waals surface area contributed by atoms with Crippen LogP contribution in [0.25, 0.3) is 0 Å².